The standard InChI is InChI=1S/C20H15N3O2/c24-20(14-6-11-19-18(12-14)21-13-25-19)23-17-9-7-16(8-10-17)22-15-4-2-1-3-5-15/h1-13,22H,(H,23,24). The molecule has 122 valence electrons. The summed E-state index contributed by atoms with van der Waals surface area (Å²) in [5, 5.41) is 6.18. The van der Waals surface area contributed by atoms with Crippen LogP contribution < -0.4 is 10.6 Å². The minimum atomic E-state index is -0.186. The number of aromatic nitrogens is 1. The second-order valence-corrected chi connectivity index (χ2v) is 5.56. The van der Waals surface area contributed by atoms with Crippen molar-refractivity contribution < 1.29 is 9.21 Å². The maximum Gasteiger partial charge on any atom is 0.255 e. The van der Waals surface area contributed by atoms with Crippen molar-refractivity contribution >= 4 is 34.1 Å². The average Bonchev–Trinajstić information content (AvgIpc) is 3.12. The van der Waals surface area contributed by atoms with E-state index in [-0.39, 0.29) is 5.91 Å². The van der Waals surface area contributed by atoms with Gasteiger partial charge in [0.2, 0.25) is 0 Å². The van der Waals surface area contributed by atoms with Gasteiger partial charge in [0.1, 0.15) is 5.52 Å². The van der Waals surface area contributed by atoms with Gasteiger partial charge in [-0.1, -0.05) is 18.2 Å². The molecule has 1 heterocycles. The molecule has 1 aromatic heterocycles. The lowest BCUT2D eigenvalue weighted by molar-refractivity contribution is 0.102. The van der Waals surface area contributed by atoms with Crippen LogP contribution in [0.4, 0.5) is 17.1 Å². The summed E-state index contributed by atoms with van der Waals surface area (Å²) < 4.78 is 5.18. The summed E-state index contributed by atoms with van der Waals surface area (Å²) in [6.45, 7) is 0. The van der Waals surface area contributed by atoms with Crippen molar-refractivity contribution in [3.05, 3.63) is 84.8 Å². The molecule has 0 bridgehead atoms. The number of carbonyl (C=O) groups is 1. The number of nitrogens with zero attached hydrogens (tertiary/aromatic N) is 1. The van der Waals surface area contributed by atoms with Gasteiger partial charge in [-0.15, -0.1) is 0 Å². The van der Waals surface area contributed by atoms with E-state index in [1.54, 1.807) is 18.2 Å². The summed E-state index contributed by atoms with van der Waals surface area (Å²) in [4.78, 5) is 16.4. The number of rotatable bonds is 4. The highest BCUT2D eigenvalue weighted by molar-refractivity contribution is 6.05. The van der Waals surface area contributed by atoms with Crippen LogP contribution in [0.2, 0.25) is 0 Å². The van der Waals surface area contributed by atoms with E-state index in [4.69, 9.17) is 4.42 Å². The average molecular weight is 329 g/mol. The second kappa shape index (κ2) is 6.49. The Balaban J connectivity index is 1.46. The molecule has 0 spiro atoms. The Morgan fingerprint density at radius 2 is 1.56 bits per heavy atom. The number of amides is 1. The highest BCUT2D eigenvalue weighted by atomic mass is 16.3. The summed E-state index contributed by atoms with van der Waals surface area (Å²) in [5.41, 5.74) is 4.55. The number of anilines is 3. The van der Waals surface area contributed by atoms with Crippen LogP contribution in [0.25, 0.3) is 11.1 Å². The molecule has 0 atom stereocenters. The second-order valence-electron chi connectivity index (χ2n) is 5.56. The molecule has 2 N–H and O–H groups in total. The molecule has 0 fully saturated rings. The Labute approximate surface area is 144 Å². The van der Waals surface area contributed by atoms with Crippen LogP contribution in [0, 0.1) is 0 Å². The Morgan fingerprint density at radius 3 is 2.36 bits per heavy atom. The number of oxazole rings is 1. The first kappa shape index (κ1) is 15.0. The monoisotopic (exact) mass is 329 g/mol. The molecule has 0 unspecified atom stereocenters. The lowest BCUT2D eigenvalue weighted by Crippen LogP contribution is -2.11. The van der Waals surface area contributed by atoms with Gasteiger partial charge in [0.15, 0.2) is 12.0 Å². The third kappa shape index (κ3) is 3.35. The number of carbonyl (C=O) groups excluding carboxylic acids is 1. The third-order valence-corrected chi connectivity index (χ3v) is 3.80. The first-order valence-electron chi connectivity index (χ1n) is 7.85. The molecule has 1 amide bonds. The maximum atomic E-state index is 12.4. The summed E-state index contributed by atoms with van der Waals surface area (Å²) >= 11 is 0. The Bertz CT molecular complexity index is 1010. The fourth-order valence-corrected chi connectivity index (χ4v) is 2.53. The van der Waals surface area contributed by atoms with Gasteiger partial charge < -0.3 is 15.1 Å². The van der Waals surface area contributed by atoms with Crippen LogP contribution >= 0.6 is 0 Å². The van der Waals surface area contributed by atoms with E-state index in [2.05, 4.69) is 15.6 Å². The molecule has 0 aliphatic carbocycles. The van der Waals surface area contributed by atoms with Gasteiger partial charge in [-0.2, -0.15) is 0 Å². The lowest BCUT2D eigenvalue weighted by atomic mass is 10.2. The highest BCUT2D eigenvalue weighted by Gasteiger charge is 2.08. The first-order valence-corrected chi connectivity index (χ1v) is 7.85. The minimum absolute atomic E-state index is 0.186. The summed E-state index contributed by atoms with van der Waals surface area (Å²) in [5.74, 6) is -0.186. The van der Waals surface area contributed by atoms with Gasteiger partial charge in [0, 0.05) is 22.6 Å². The smallest absolute Gasteiger partial charge is 0.255 e. The highest BCUT2D eigenvalue weighted by Crippen LogP contribution is 2.20. The van der Waals surface area contributed by atoms with Crippen LogP contribution in [-0.4, -0.2) is 10.9 Å². The Kier molecular flexibility index (Phi) is 3.88. The van der Waals surface area contributed by atoms with Gasteiger partial charge >= 0.3 is 0 Å². The Hall–Kier alpha value is -3.60. The predicted molar refractivity (Wildman–Crippen MR) is 98.1 cm³/mol. The number of para-hydroxylation sites is 1. The van der Waals surface area contributed by atoms with E-state index in [0.717, 1.165) is 17.1 Å². The van der Waals surface area contributed by atoms with Gasteiger partial charge in [-0.25, -0.2) is 4.98 Å². The molecule has 0 aliphatic heterocycles. The van der Waals surface area contributed by atoms with Crippen molar-refractivity contribution in [2.75, 3.05) is 10.6 Å². The van der Waals surface area contributed by atoms with Gasteiger partial charge in [-0.05, 0) is 54.6 Å². The zero-order chi connectivity index (χ0) is 17.1. The minimum Gasteiger partial charge on any atom is -0.443 e. The molecule has 0 radical (unpaired) electrons. The van der Waals surface area contributed by atoms with Gasteiger partial charge in [-0.3, -0.25) is 4.79 Å². The third-order valence-electron chi connectivity index (χ3n) is 3.80. The SMILES string of the molecule is O=C(Nc1ccc(Nc2ccccc2)cc1)c1ccc2ocnc2c1. The molecule has 3 aromatic carbocycles. The number of fused-ring (bicyclic) bond motifs is 1. The molecule has 0 saturated carbocycles. The van der Waals surface area contributed by atoms with Crippen LogP contribution in [-0.2, 0) is 0 Å². The quantitative estimate of drug-likeness (QED) is 0.563. The van der Waals surface area contributed by atoms with Crippen molar-refractivity contribution in [2.24, 2.45) is 0 Å². The Morgan fingerprint density at radius 1 is 0.840 bits per heavy atom. The van der Waals surface area contributed by atoms with Crippen molar-refractivity contribution in [2.45, 2.75) is 0 Å². The summed E-state index contributed by atoms with van der Waals surface area (Å²) in [6, 6.07) is 22.6. The van der Waals surface area contributed by atoms with E-state index in [0.29, 0.717) is 16.7 Å². The van der Waals surface area contributed by atoms with Gasteiger partial charge in [0.05, 0.1) is 0 Å². The fourth-order valence-electron chi connectivity index (χ4n) is 2.53. The zero-order valence-electron chi connectivity index (χ0n) is 13.3. The van der Waals surface area contributed by atoms with Crippen LogP contribution in [0.3, 0.4) is 0 Å². The topological polar surface area (TPSA) is 67.2 Å². The van der Waals surface area contributed by atoms with E-state index in [1.165, 1.54) is 6.39 Å². The maximum absolute atomic E-state index is 12.4. The van der Waals surface area contributed by atoms with E-state index >= 15 is 0 Å². The molecule has 4 rings (SSSR count). The summed E-state index contributed by atoms with van der Waals surface area (Å²) in [6.07, 6.45) is 1.37. The van der Waals surface area contributed by atoms with Crippen molar-refractivity contribution in [3.63, 3.8) is 0 Å². The van der Waals surface area contributed by atoms with Crippen molar-refractivity contribution in [1.29, 1.82) is 0 Å². The molecule has 0 aliphatic rings. The zero-order valence-corrected chi connectivity index (χ0v) is 13.3. The molecule has 25 heavy (non-hydrogen) atoms. The van der Waals surface area contributed by atoms with Crippen LogP contribution in [0.1, 0.15) is 10.4 Å². The lowest BCUT2D eigenvalue weighted by Gasteiger charge is -2.08. The number of nitrogens with one attached hydrogen (secondary N) is 2. The first-order chi connectivity index (χ1) is 12.3. The summed E-state index contributed by atoms with van der Waals surface area (Å²) in [7, 11) is 0. The number of hydrogen-bond acceptors (Lipinski definition) is 4. The van der Waals surface area contributed by atoms with Crippen molar-refractivity contribution in [1.82, 2.24) is 4.98 Å². The van der Waals surface area contributed by atoms with Crippen molar-refractivity contribution in [3.8, 4) is 0 Å². The predicted octanol–water partition coefficient (Wildman–Crippen LogP) is 4.82. The largest absolute Gasteiger partial charge is 0.443 e. The molecule has 0 saturated heterocycles. The normalized spacial score (nSPS) is 10.6. The molecule has 4 aromatic rings. The molecule has 5 nitrogen and oxygen atoms in total. The van der Waals surface area contributed by atoms with Crippen LogP contribution in [0.15, 0.2) is 83.6 Å². The fraction of sp³-hybridized carbons (Fsp3) is 0. The van der Waals surface area contributed by atoms with Crippen LogP contribution in [0.5, 0.6) is 0 Å². The number of benzene rings is 3. The van der Waals surface area contributed by atoms with E-state index in [9.17, 15) is 4.79 Å². The van der Waals surface area contributed by atoms with Gasteiger partial charge in [0.25, 0.3) is 5.91 Å². The molecular formula is C20H15N3O2. The number of hydrogen-bond donors (Lipinski definition) is 2. The van der Waals surface area contributed by atoms with E-state index in [1.807, 2.05) is 54.6 Å². The van der Waals surface area contributed by atoms with E-state index < -0.39 is 0 Å². The molecule has 5 heteroatoms. The molecular weight excluding hydrogens is 314 g/mol.